The first-order valence-electron chi connectivity index (χ1n) is 13.1. The van der Waals surface area contributed by atoms with E-state index in [1.165, 1.54) is 29.2 Å². The van der Waals surface area contributed by atoms with E-state index in [0.29, 0.717) is 22.3 Å². The maximum Gasteiger partial charge on any atom is 0.264 e. The molecule has 7 nitrogen and oxygen atoms in total. The molecule has 3 rings (SSSR count). The van der Waals surface area contributed by atoms with E-state index in [2.05, 4.69) is 5.32 Å². The van der Waals surface area contributed by atoms with Gasteiger partial charge >= 0.3 is 0 Å². The number of anilines is 1. The number of sulfonamides is 1. The van der Waals surface area contributed by atoms with Crippen LogP contribution in [0.15, 0.2) is 71.6 Å². The number of nitrogens with one attached hydrogen (secondary N) is 1. The summed E-state index contributed by atoms with van der Waals surface area (Å²) in [7, 11) is -4.16. The quantitative estimate of drug-likeness (QED) is 0.252. The molecule has 0 saturated heterocycles. The van der Waals surface area contributed by atoms with Crippen LogP contribution in [0.1, 0.15) is 43.4 Å². The first-order chi connectivity index (χ1) is 18.9. The van der Waals surface area contributed by atoms with Crippen molar-refractivity contribution >= 4 is 50.7 Å². The van der Waals surface area contributed by atoms with Crippen molar-refractivity contribution in [2.45, 2.75) is 58.0 Å². The van der Waals surface area contributed by atoms with Crippen molar-refractivity contribution in [3.05, 3.63) is 93.5 Å². The molecule has 2 amide bonds. The van der Waals surface area contributed by atoms with Crippen LogP contribution in [0.2, 0.25) is 10.0 Å². The molecule has 0 saturated carbocycles. The van der Waals surface area contributed by atoms with Gasteiger partial charge in [-0.05, 0) is 92.4 Å². The second-order valence-electron chi connectivity index (χ2n) is 9.70. The zero-order chi connectivity index (χ0) is 29.4. The van der Waals surface area contributed by atoms with Gasteiger partial charge in [0, 0.05) is 23.1 Å². The summed E-state index contributed by atoms with van der Waals surface area (Å²) in [4.78, 5) is 28.4. The minimum absolute atomic E-state index is 0.00228. The Balaban J connectivity index is 2.02. The molecule has 0 heterocycles. The van der Waals surface area contributed by atoms with Crippen LogP contribution in [-0.2, 0) is 26.2 Å². The van der Waals surface area contributed by atoms with Crippen LogP contribution in [0.25, 0.3) is 0 Å². The number of nitrogens with zero attached hydrogens (tertiary/aromatic N) is 2. The lowest BCUT2D eigenvalue weighted by atomic mass is 10.1. The van der Waals surface area contributed by atoms with Gasteiger partial charge in [0.15, 0.2) is 0 Å². The summed E-state index contributed by atoms with van der Waals surface area (Å²) in [6.07, 6.45) is 1.72. The third kappa shape index (κ3) is 7.99. The lowest BCUT2D eigenvalue weighted by molar-refractivity contribution is -0.139. The normalized spacial score (nSPS) is 12.1. The van der Waals surface area contributed by atoms with Crippen molar-refractivity contribution < 1.29 is 18.0 Å². The molecular weight excluding hydrogens is 569 g/mol. The van der Waals surface area contributed by atoms with Crippen molar-refractivity contribution in [1.82, 2.24) is 10.2 Å². The first kappa shape index (κ1) is 31.5. The van der Waals surface area contributed by atoms with E-state index in [0.717, 1.165) is 33.8 Å². The zero-order valence-corrected chi connectivity index (χ0v) is 25.5. The second-order valence-corrected chi connectivity index (χ2v) is 12.4. The smallest absolute Gasteiger partial charge is 0.264 e. The molecule has 0 fully saturated rings. The zero-order valence-electron chi connectivity index (χ0n) is 23.2. The minimum Gasteiger partial charge on any atom is -0.354 e. The Labute approximate surface area is 247 Å². The number of unbranched alkanes of at least 4 members (excludes halogenated alkanes) is 1. The van der Waals surface area contributed by atoms with Gasteiger partial charge in [-0.3, -0.25) is 13.9 Å². The molecule has 3 aromatic rings. The van der Waals surface area contributed by atoms with Crippen molar-refractivity contribution in [3.8, 4) is 0 Å². The highest BCUT2D eigenvalue weighted by Crippen LogP contribution is 2.27. The predicted octanol–water partition coefficient (Wildman–Crippen LogP) is 6.14. The number of rotatable bonds is 12. The summed E-state index contributed by atoms with van der Waals surface area (Å²) in [5, 5.41) is 3.81. The van der Waals surface area contributed by atoms with Gasteiger partial charge in [0.05, 0.1) is 10.6 Å². The molecule has 0 bridgehead atoms. The third-order valence-electron chi connectivity index (χ3n) is 6.72. The molecule has 10 heteroatoms. The highest BCUT2D eigenvalue weighted by atomic mass is 35.5. The van der Waals surface area contributed by atoms with Gasteiger partial charge in [-0.25, -0.2) is 8.42 Å². The van der Waals surface area contributed by atoms with E-state index in [1.54, 1.807) is 43.3 Å². The maximum atomic E-state index is 14.0. The van der Waals surface area contributed by atoms with E-state index in [-0.39, 0.29) is 17.3 Å². The van der Waals surface area contributed by atoms with E-state index < -0.39 is 28.5 Å². The highest BCUT2D eigenvalue weighted by Gasteiger charge is 2.32. The molecule has 3 aromatic carbocycles. The van der Waals surface area contributed by atoms with Crippen LogP contribution in [0.4, 0.5) is 5.69 Å². The summed E-state index contributed by atoms with van der Waals surface area (Å²) in [6, 6.07) is 17.1. The Morgan fingerprint density at radius 2 is 1.50 bits per heavy atom. The van der Waals surface area contributed by atoms with E-state index in [1.807, 2.05) is 26.8 Å². The number of aryl methyl sites for hydroxylation is 2. The fourth-order valence-corrected chi connectivity index (χ4v) is 5.71. The number of halogens is 2. The molecule has 0 aromatic heterocycles. The Bertz CT molecular complexity index is 1430. The molecule has 214 valence electrons. The second kappa shape index (κ2) is 14.0. The molecule has 1 atom stereocenters. The summed E-state index contributed by atoms with van der Waals surface area (Å²) >= 11 is 12.1. The van der Waals surface area contributed by atoms with Gasteiger partial charge in [0.2, 0.25) is 11.8 Å². The average Bonchev–Trinajstić information content (AvgIpc) is 2.92. The molecule has 40 heavy (non-hydrogen) atoms. The molecule has 0 aliphatic carbocycles. The van der Waals surface area contributed by atoms with E-state index >= 15 is 0 Å². The Kier molecular flexibility index (Phi) is 11.0. The number of benzene rings is 3. The number of hydrogen-bond acceptors (Lipinski definition) is 4. The van der Waals surface area contributed by atoms with Crippen molar-refractivity contribution in [3.63, 3.8) is 0 Å². The summed E-state index contributed by atoms with van der Waals surface area (Å²) < 4.78 is 28.9. The van der Waals surface area contributed by atoms with Gasteiger partial charge < -0.3 is 10.2 Å². The highest BCUT2D eigenvalue weighted by molar-refractivity contribution is 7.92. The molecule has 0 spiro atoms. The fourth-order valence-electron chi connectivity index (χ4n) is 4.05. The molecule has 0 aliphatic rings. The molecule has 1 unspecified atom stereocenters. The van der Waals surface area contributed by atoms with Gasteiger partial charge in [0.25, 0.3) is 10.0 Å². The van der Waals surface area contributed by atoms with Crippen LogP contribution in [0.5, 0.6) is 0 Å². The maximum absolute atomic E-state index is 14.0. The SMILES string of the molecule is CCCCNC(=O)C(C)N(Cc1ccc(Cl)cc1)C(=O)CN(c1ccc(C)c(C)c1)S(=O)(=O)c1ccc(Cl)cc1. The summed E-state index contributed by atoms with van der Waals surface area (Å²) in [5.74, 6) is -0.835. The predicted molar refractivity (Wildman–Crippen MR) is 161 cm³/mol. The lowest BCUT2D eigenvalue weighted by Gasteiger charge is -2.32. The topological polar surface area (TPSA) is 86.8 Å². The summed E-state index contributed by atoms with van der Waals surface area (Å²) in [5.41, 5.74) is 2.96. The van der Waals surface area contributed by atoms with Crippen LogP contribution in [0.3, 0.4) is 0 Å². The molecular formula is C30H35Cl2N3O4S. The van der Waals surface area contributed by atoms with Gasteiger partial charge in [-0.15, -0.1) is 0 Å². The average molecular weight is 605 g/mol. The number of hydrogen-bond donors (Lipinski definition) is 1. The van der Waals surface area contributed by atoms with Crippen LogP contribution < -0.4 is 9.62 Å². The van der Waals surface area contributed by atoms with Crippen LogP contribution in [-0.4, -0.2) is 44.3 Å². The van der Waals surface area contributed by atoms with E-state index in [4.69, 9.17) is 23.2 Å². The minimum atomic E-state index is -4.16. The van der Waals surface area contributed by atoms with Crippen molar-refractivity contribution in [1.29, 1.82) is 0 Å². The van der Waals surface area contributed by atoms with Gasteiger partial charge in [0.1, 0.15) is 12.6 Å². The van der Waals surface area contributed by atoms with Crippen LogP contribution >= 0.6 is 23.2 Å². The standard InChI is InChI=1S/C30H35Cl2N3O4S/c1-5-6-17-33-30(37)23(4)34(19-24-8-10-25(31)11-9-24)29(36)20-35(27-14-7-21(2)22(3)18-27)40(38,39)28-15-12-26(32)13-16-28/h7-16,18,23H,5-6,17,19-20H2,1-4H3,(H,33,37). The number of carbonyl (C=O) groups excluding carboxylic acids is 2. The van der Waals surface area contributed by atoms with Crippen molar-refractivity contribution in [2.75, 3.05) is 17.4 Å². The lowest BCUT2D eigenvalue weighted by Crippen LogP contribution is -2.51. The number of carbonyl (C=O) groups is 2. The molecule has 0 radical (unpaired) electrons. The van der Waals surface area contributed by atoms with Gasteiger partial charge in [-0.2, -0.15) is 0 Å². The van der Waals surface area contributed by atoms with E-state index in [9.17, 15) is 18.0 Å². The number of amides is 2. The largest absolute Gasteiger partial charge is 0.354 e. The Morgan fingerprint density at radius 1 is 0.900 bits per heavy atom. The van der Waals surface area contributed by atoms with Crippen LogP contribution in [0, 0.1) is 13.8 Å². The molecule has 0 aliphatic heterocycles. The summed E-state index contributed by atoms with van der Waals surface area (Å²) in [6.45, 7) is 7.55. The Morgan fingerprint density at radius 3 is 2.08 bits per heavy atom. The van der Waals surface area contributed by atoms with Gasteiger partial charge in [-0.1, -0.05) is 54.7 Å². The fraction of sp³-hybridized carbons (Fsp3) is 0.333. The first-order valence-corrected chi connectivity index (χ1v) is 15.3. The molecule has 1 N–H and O–H groups in total. The van der Waals surface area contributed by atoms with Crippen molar-refractivity contribution in [2.24, 2.45) is 0 Å². The monoisotopic (exact) mass is 603 g/mol. The third-order valence-corrected chi connectivity index (χ3v) is 9.01. The Hall–Kier alpha value is -3.07.